The largest absolute Gasteiger partial charge is 0.493 e. The minimum Gasteiger partial charge on any atom is -0.493 e. The van der Waals surface area contributed by atoms with E-state index in [4.69, 9.17) is 14.2 Å². The van der Waals surface area contributed by atoms with Gasteiger partial charge in [0.1, 0.15) is 0 Å². The van der Waals surface area contributed by atoms with Crippen LogP contribution < -0.4 is 14.2 Å². The van der Waals surface area contributed by atoms with Gasteiger partial charge in [0, 0.05) is 24.2 Å². The first-order valence-electron chi connectivity index (χ1n) is 9.93. The highest BCUT2D eigenvalue weighted by Gasteiger charge is 2.21. The highest BCUT2D eigenvalue weighted by atomic mass is 16.5. The highest BCUT2D eigenvalue weighted by molar-refractivity contribution is 6.11. The quantitative estimate of drug-likeness (QED) is 0.548. The number of carbonyl (C=O) groups is 1. The lowest BCUT2D eigenvalue weighted by Crippen LogP contribution is -2.35. The van der Waals surface area contributed by atoms with Gasteiger partial charge in [-0.15, -0.1) is 0 Å². The molecule has 0 saturated heterocycles. The molecule has 0 saturated carbocycles. The second-order valence-corrected chi connectivity index (χ2v) is 6.83. The molecule has 3 aromatic carbocycles. The van der Waals surface area contributed by atoms with Crippen LogP contribution in [0.4, 0.5) is 0 Å². The van der Waals surface area contributed by atoms with E-state index in [1.165, 1.54) is 4.90 Å². The van der Waals surface area contributed by atoms with Gasteiger partial charge >= 0.3 is 0 Å². The maximum absolute atomic E-state index is 13.1. The lowest BCUT2D eigenvalue weighted by Gasteiger charge is -2.22. The van der Waals surface area contributed by atoms with Gasteiger partial charge in [0.25, 0.3) is 5.91 Å². The van der Waals surface area contributed by atoms with E-state index in [2.05, 4.69) is 0 Å². The summed E-state index contributed by atoms with van der Waals surface area (Å²) in [6.07, 6.45) is 0. The Balaban J connectivity index is 2.20. The highest BCUT2D eigenvalue weighted by Crippen LogP contribution is 2.46. The summed E-state index contributed by atoms with van der Waals surface area (Å²) < 4.78 is 16.6. The first-order chi connectivity index (χ1) is 15.1. The maximum Gasteiger partial charge on any atom is 0.254 e. The van der Waals surface area contributed by atoms with Crippen molar-refractivity contribution in [2.45, 2.75) is 0 Å². The minimum absolute atomic E-state index is 0.152. The average Bonchev–Trinajstić information content (AvgIpc) is 2.81. The van der Waals surface area contributed by atoms with Crippen molar-refractivity contribution in [1.82, 2.24) is 4.90 Å². The van der Waals surface area contributed by atoms with Gasteiger partial charge in [-0.3, -0.25) is 4.79 Å². The van der Waals surface area contributed by atoms with E-state index in [0.717, 1.165) is 21.9 Å². The summed E-state index contributed by atoms with van der Waals surface area (Å²) in [4.78, 5) is 14.6. The molecule has 0 spiro atoms. The Bertz CT molecular complexity index is 1060. The first kappa shape index (κ1) is 22.4. The third-order valence-corrected chi connectivity index (χ3v) is 5.17. The van der Waals surface area contributed by atoms with Crippen molar-refractivity contribution >= 4 is 16.7 Å². The number of hydrogen-bond acceptors (Lipinski definition) is 6. The number of nitrogens with zero attached hydrogens (tertiary/aromatic N) is 1. The Morgan fingerprint density at radius 1 is 0.774 bits per heavy atom. The van der Waals surface area contributed by atoms with E-state index in [0.29, 0.717) is 22.8 Å². The zero-order chi connectivity index (χ0) is 22.4. The first-order valence-corrected chi connectivity index (χ1v) is 9.93. The van der Waals surface area contributed by atoms with Crippen LogP contribution in [-0.2, 0) is 0 Å². The predicted octanol–water partition coefficient (Wildman–Crippen LogP) is 2.96. The number of rotatable bonds is 9. The fourth-order valence-corrected chi connectivity index (χ4v) is 3.77. The Morgan fingerprint density at radius 3 is 2.03 bits per heavy atom. The molecule has 0 aliphatic rings. The SMILES string of the molecule is COc1ccc(-c2cccc3c(C(=O)N(CCO)CCO)cccc23)c(OC)c1OC. The van der Waals surface area contributed by atoms with Crippen molar-refractivity contribution in [1.29, 1.82) is 0 Å². The van der Waals surface area contributed by atoms with Crippen LogP contribution in [0.2, 0.25) is 0 Å². The Labute approximate surface area is 181 Å². The molecule has 0 fully saturated rings. The molecule has 0 radical (unpaired) electrons. The molecule has 0 aliphatic heterocycles. The monoisotopic (exact) mass is 425 g/mol. The number of aliphatic hydroxyl groups excluding tert-OH is 2. The van der Waals surface area contributed by atoms with Crippen molar-refractivity contribution in [2.24, 2.45) is 0 Å². The van der Waals surface area contributed by atoms with Gasteiger partial charge in [-0.25, -0.2) is 0 Å². The molecule has 0 aliphatic carbocycles. The third-order valence-electron chi connectivity index (χ3n) is 5.17. The van der Waals surface area contributed by atoms with Crippen LogP contribution in [-0.4, -0.2) is 68.7 Å². The normalized spacial score (nSPS) is 10.7. The van der Waals surface area contributed by atoms with E-state index < -0.39 is 0 Å². The van der Waals surface area contributed by atoms with E-state index in [1.54, 1.807) is 27.4 Å². The molecule has 3 aromatic rings. The van der Waals surface area contributed by atoms with Crippen molar-refractivity contribution in [3.8, 4) is 28.4 Å². The summed E-state index contributed by atoms with van der Waals surface area (Å²) in [5.74, 6) is 1.34. The molecule has 164 valence electrons. The molecule has 31 heavy (non-hydrogen) atoms. The number of amides is 1. The van der Waals surface area contributed by atoms with Crippen molar-refractivity contribution in [2.75, 3.05) is 47.6 Å². The summed E-state index contributed by atoms with van der Waals surface area (Å²) in [6.45, 7) is -0.0485. The van der Waals surface area contributed by atoms with Gasteiger partial charge in [-0.05, 0) is 34.5 Å². The fourth-order valence-electron chi connectivity index (χ4n) is 3.77. The molecule has 0 unspecified atom stereocenters. The van der Waals surface area contributed by atoms with Crippen LogP contribution in [0.5, 0.6) is 17.2 Å². The fraction of sp³-hybridized carbons (Fsp3) is 0.292. The van der Waals surface area contributed by atoms with Gasteiger partial charge in [-0.2, -0.15) is 0 Å². The van der Waals surface area contributed by atoms with E-state index in [9.17, 15) is 15.0 Å². The van der Waals surface area contributed by atoms with Crippen LogP contribution >= 0.6 is 0 Å². The summed E-state index contributed by atoms with van der Waals surface area (Å²) in [6, 6.07) is 15.0. The lowest BCUT2D eigenvalue weighted by molar-refractivity contribution is 0.0687. The molecule has 0 bridgehead atoms. The molecule has 0 aromatic heterocycles. The molecule has 0 atom stereocenters. The van der Waals surface area contributed by atoms with E-state index in [1.807, 2.05) is 42.5 Å². The zero-order valence-electron chi connectivity index (χ0n) is 17.9. The van der Waals surface area contributed by atoms with Crippen molar-refractivity contribution in [3.63, 3.8) is 0 Å². The van der Waals surface area contributed by atoms with E-state index in [-0.39, 0.29) is 32.2 Å². The van der Waals surface area contributed by atoms with Crippen molar-refractivity contribution < 1.29 is 29.2 Å². The van der Waals surface area contributed by atoms with Gasteiger partial charge in [0.2, 0.25) is 5.75 Å². The smallest absolute Gasteiger partial charge is 0.254 e. The molecule has 1 amide bonds. The van der Waals surface area contributed by atoms with Crippen LogP contribution in [0.25, 0.3) is 21.9 Å². The number of benzene rings is 3. The summed E-state index contributed by atoms with van der Waals surface area (Å²) in [5, 5.41) is 20.2. The summed E-state index contributed by atoms with van der Waals surface area (Å²) >= 11 is 0. The number of carbonyl (C=O) groups excluding carboxylic acids is 1. The summed E-state index contributed by atoms with van der Waals surface area (Å²) in [7, 11) is 4.70. The topological polar surface area (TPSA) is 88.5 Å². The van der Waals surface area contributed by atoms with Crippen LogP contribution in [0, 0.1) is 0 Å². The third kappa shape index (κ3) is 4.28. The van der Waals surface area contributed by atoms with Gasteiger partial charge in [0.05, 0.1) is 34.5 Å². The Morgan fingerprint density at radius 2 is 1.42 bits per heavy atom. The Kier molecular flexibility index (Phi) is 7.33. The zero-order valence-corrected chi connectivity index (χ0v) is 17.9. The molecule has 2 N–H and O–H groups in total. The number of aliphatic hydroxyl groups is 2. The van der Waals surface area contributed by atoms with Crippen LogP contribution in [0.1, 0.15) is 10.4 Å². The number of methoxy groups -OCH3 is 3. The van der Waals surface area contributed by atoms with E-state index >= 15 is 0 Å². The second-order valence-electron chi connectivity index (χ2n) is 6.83. The van der Waals surface area contributed by atoms with Gasteiger partial charge < -0.3 is 29.3 Å². The van der Waals surface area contributed by atoms with Crippen molar-refractivity contribution in [3.05, 3.63) is 54.1 Å². The molecule has 7 heteroatoms. The van der Waals surface area contributed by atoms with Crippen LogP contribution in [0.3, 0.4) is 0 Å². The molecule has 0 heterocycles. The molecular formula is C24H27NO6. The predicted molar refractivity (Wildman–Crippen MR) is 119 cm³/mol. The molecule has 3 rings (SSSR count). The molecule has 7 nitrogen and oxygen atoms in total. The Hall–Kier alpha value is -3.29. The average molecular weight is 425 g/mol. The van der Waals surface area contributed by atoms with Gasteiger partial charge in [0.15, 0.2) is 11.5 Å². The maximum atomic E-state index is 13.1. The number of hydrogen-bond donors (Lipinski definition) is 2. The van der Waals surface area contributed by atoms with Crippen LogP contribution in [0.15, 0.2) is 48.5 Å². The second kappa shape index (κ2) is 10.1. The van der Waals surface area contributed by atoms with Gasteiger partial charge in [-0.1, -0.05) is 30.3 Å². The number of ether oxygens (including phenoxy) is 3. The minimum atomic E-state index is -0.245. The summed E-state index contributed by atoms with van der Waals surface area (Å²) in [5.41, 5.74) is 2.18. The standard InChI is InChI=1S/C24H27NO6/c1-29-21-11-10-19(22(30-2)23(21)31-3)17-7-4-8-18-16(17)6-5-9-20(18)24(28)25(12-14-26)13-15-27/h4-11,26-27H,12-15H2,1-3H3. The number of fused-ring (bicyclic) bond motifs is 1. The lowest BCUT2D eigenvalue weighted by atomic mass is 9.94. The molecular weight excluding hydrogens is 398 g/mol.